The van der Waals surface area contributed by atoms with E-state index >= 15 is 0 Å². The Hall–Kier alpha value is -2.67. The average Bonchev–Trinajstić information content (AvgIpc) is 3.40. The van der Waals surface area contributed by atoms with Gasteiger partial charge in [0.1, 0.15) is 12.2 Å². The molecule has 3 heterocycles. The molecule has 1 amide bonds. The molecule has 2 aliphatic rings. The molecule has 1 aromatic carbocycles. The number of piperazine rings is 1. The molecule has 2 fully saturated rings. The fraction of sp³-hybridized carbons (Fsp3) is 0.545. The van der Waals surface area contributed by atoms with E-state index in [1.54, 1.807) is 19.3 Å². The van der Waals surface area contributed by atoms with E-state index in [1.165, 1.54) is 16.9 Å². The lowest BCUT2D eigenvalue weighted by Crippen LogP contribution is -2.57. The molecule has 2 aromatic rings. The van der Waals surface area contributed by atoms with E-state index in [4.69, 9.17) is 4.74 Å². The minimum atomic E-state index is -4.41. The number of hydrogen-bond acceptors (Lipinski definition) is 7. The summed E-state index contributed by atoms with van der Waals surface area (Å²) >= 11 is 0. The lowest BCUT2D eigenvalue weighted by Gasteiger charge is -2.41. The molecule has 0 radical (unpaired) electrons. The second-order valence-corrected chi connectivity index (χ2v) is 8.56. The molecular formula is C22H28F3N5O4. The highest BCUT2D eigenvalue weighted by molar-refractivity contribution is 5.93. The van der Waals surface area contributed by atoms with Crippen molar-refractivity contribution in [2.24, 2.45) is 7.05 Å². The van der Waals surface area contributed by atoms with Crippen LogP contribution in [-0.4, -0.2) is 94.5 Å². The van der Waals surface area contributed by atoms with Gasteiger partial charge in [0.2, 0.25) is 0 Å². The summed E-state index contributed by atoms with van der Waals surface area (Å²) < 4.78 is 46.6. The van der Waals surface area contributed by atoms with Crippen molar-refractivity contribution >= 4 is 11.6 Å². The van der Waals surface area contributed by atoms with Crippen LogP contribution in [0.1, 0.15) is 15.9 Å². The molecule has 4 rings (SSSR count). The summed E-state index contributed by atoms with van der Waals surface area (Å²) in [6, 6.07) is 4.76. The van der Waals surface area contributed by atoms with E-state index in [0.717, 1.165) is 12.1 Å². The Morgan fingerprint density at radius 3 is 2.59 bits per heavy atom. The number of benzene rings is 1. The van der Waals surface area contributed by atoms with Crippen molar-refractivity contribution in [1.82, 2.24) is 20.0 Å². The number of aliphatic hydroxyl groups excluding tert-OH is 2. The topological polar surface area (TPSA) is 103 Å². The van der Waals surface area contributed by atoms with Gasteiger partial charge in [-0.1, -0.05) is 6.07 Å². The average molecular weight is 483 g/mol. The Morgan fingerprint density at radius 2 is 1.97 bits per heavy atom. The predicted octanol–water partition coefficient (Wildman–Crippen LogP) is 0.480. The van der Waals surface area contributed by atoms with Crippen LogP contribution >= 0.6 is 0 Å². The van der Waals surface area contributed by atoms with Crippen molar-refractivity contribution in [3.8, 4) is 0 Å². The fourth-order valence-electron chi connectivity index (χ4n) is 4.59. The molecule has 3 N–H and O–H groups in total. The molecule has 4 unspecified atom stereocenters. The van der Waals surface area contributed by atoms with E-state index in [1.807, 2.05) is 9.80 Å². The standard InChI is InChI=1S/C22H28F3N5O4/c1-28-12-14(10-27-28)21(33)26-11-17-19(20(32)18(13-31)34-17)30-7-5-29(6-8-30)16-4-2-3-15(9-16)22(23,24)25/h2-4,9-10,12,17-20,31-32H,5-8,11,13H2,1H3,(H,26,33). The minimum Gasteiger partial charge on any atom is -0.394 e. The van der Waals surface area contributed by atoms with Crippen LogP contribution in [0, 0.1) is 0 Å². The quantitative estimate of drug-likeness (QED) is 0.549. The highest BCUT2D eigenvalue weighted by Gasteiger charge is 2.46. The van der Waals surface area contributed by atoms with Gasteiger partial charge in [0.05, 0.1) is 36.1 Å². The Bertz CT molecular complexity index is 993. The molecule has 186 valence electrons. The number of ether oxygens (including phenoxy) is 1. The molecular weight excluding hydrogens is 455 g/mol. The number of nitrogens with one attached hydrogen (secondary N) is 1. The van der Waals surface area contributed by atoms with E-state index in [-0.39, 0.29) is 19.1 Å². The zero-order chi connectivity index (χ0) is 24.5. The summed E-state index contributed by atoms with van der Waals surface area (Å²) in [5, 5.41) is 27.1. The van der Waals surface area contributed by atoms with Gasteiger partial charge >= 0.3 is 6.18 Å². The van der Waals surface area contributed by atoms with Gasteiger partial charge in [-0.2, -0.15) is 18.3 Å². The number of aryl methyl sites for hydroxylation is 1. The van der Waals surface area contributed by atoms with Crippen LogP contribution in [-0.2, 0) is 18.0 Å². The van der Waals surface area contributed by atoms with Crippen molar-refractivity contribution in [2.75, 3.05) is 44.2 Å². The number of carbonyl (C=O) groups is 1. The van der Waals surface area contributed by atoms with E-state index in [2.05, 4.69) is 10.4 Å². The second-order valence-electron chi connectivity index (χ2n) is 8.56. The first kappa shape index (κ1) is 24.5. The molecule has 4 atom stereocenters. The van der Waals surface area contributed by atoms with E-state index in [0.29, 0.717) is 37.4 Å². The smallest absolute Gasteiger partial charge is 0.394 e. The maximum atomic E-state index is 13.1. The lowest BCUT2D eigenvalue weighted by molar-refractivity contribution is -0.137. The largest absolute Gasteiger partial charge is 0.416 e. The monoisotopic (exact) mass is 483 g/mol. The molecule has 12 heteroatoms. The molecule has 0 bridgehead atoms. The van der Waals surface area contributed by atoms with Crippen LogP contribution in [0.4, 0.5) is 18.9 Å². The highest BCUT2D eigenvalue weighted by Crippen LogP contribution is 2.32. The summed E-state index contributed by atoms with van der Waals surface area (Å²) in [5.74, 6) is -0.327. The Morgan fingerprint density at radius 1 is 1.24 bits per heavy atom. The fourth-order valence-corrected chi connectivity index (χ4v) is 4.59. The Kier molecular flexibility index (Phi) is 7.12. The number of nitrogens with zero attached hydrogens (tertiary/aromatic N) is 4. The Labute approximate surface area is 194 Å². The summed E-state index contributed by atoms with van der Waals surface area (Å²) in [6.45, 7) is 1.64. The summed E-state index contributed by atoms with van der Waals surface area (Å²) in [7, 11) is 1.70. The summed E-state index contributed by atoms with van der Waals surface area (Å²) in [6.07, 6.45) is -3.69. The van der Waals surface area contributed by atoms with Gasteiger partial charge in [0.15, 0.2) is 0 Å². The SMILES string of the molecule is Cn1cc(C(=O)NCC2OC(CO)C(O)C2N2CCN(c3cccc(C(F)(F)F)c3)CC2)cn1. The maximum absolute atomic E-state index is 13.1. The first-order chi connectivity index (χ1) is 16.2. The third-order valence-corrected chi connectivity index (χ3v) is 6.35. The van der Waals surface area contributed by atoms with Crippen molar-refractivity contribution < 1.29 is 32.9 Å². The van der Waals surface area contributed by atoms with E-state index < -0.39 is 36.1 Å². The number of anilines is 1. The van der Waals surface area contributed by atoms with Gasteiger partial charge in [-0.05, 0) is 18.2 Å². The number of amides is 1. The second kappa shape index (κ2) is 9.90. The number of carbonyl (C=O) groups excluding carboxylic acids is 1. The number of rotatable bonds is 6. The highest BCUT2D eigenvalue weighted by atomic mass is 19.4. The molecule has 34 heavy (non-hydrogen) atoms. The molecule has 2 saturated heterocycles. The summed E-state index contributed by atoms with van der Waals surface area (Å²) in [5.41, 5.74) is 0.194. The van der Waals surface area contributed by atoms with Gasteiger partial charge in [-0.25, -0.2) is 0 Å². The number of alkyl halides is 3. The van der Waals surface area contributed by atoms with E-state index in [9.17, 15) is 28.2 Å². The van der Waals surface area contributed by atoms with Gasteiger partial charge in [-0.15, -0.1) is 0 Å². The number of halogens is 3. The van der Waals surface area contributed by atoms with Gasteiger partial charge in [0, 0.05) is 51.7 Å². The van der Waals surface area contributed by atoms with Gasteiger partial charge < -0.3 is 25.2 Å². The minimum absolute atomic E-state index is 0.125. The third-order valence-electron chi connectivity index (χ3n) is 6.35. The van der Waals surface area contributed by atoms with Crippen LogP contribution in [0.2, 0.25) is 0 Å². The zero-order valence-corrected chi connectivity index (χ0v) is 18.6. The molecule has 1 aromatic heterocycles. The van der Waals surface area contributed by atoms with Gasteiger partial charge in [-0.3, -0.25) is 14.4 Å². The first-order valence-corrected chi connectivity index (χ1v) is 11.0. The number of hydrogen-bond donors (Lipinski definition) is 3. The molecule has 0 saturated carbocycles. The zero-order valence-electron chi connectivity index (χ0n) is 18.6. The van der Waals surface area contributed by atoms with Crippen LogP contribution in [0.15, 0.2) is 36.7 Å². The number of aliphatic hydroxyl groups is 2. The third kappa shape index (κ3) is 5.19. The van der Waals surface area contributed by atoms with Crippen LogP contribution in [0.3, 0.4) is 0 Å². The van der Waals surface area contributed by atoms with Crippen molar-refractivity contribution in [3.63, 3.8) is 0 Å². The van der Waals surface area contributed by atoms with Gasteiger partial charge in [0.25, 0.3) is 5.91 Å². The number of aromatic nitrogens is 2. The van der Waals surface area contributed by atoms with Crippen molar-refractivity contribution in [3.05, 3.63) is 47.8 Å². The van der Waals surface area contributed by atoms with Crippen LogP contribution < -0.4 is 10.2 Å². The molecule has 2 aliphatic heterocycles. The predicted molar refractivity (Wildman–Crippen MR) is 116 cm³/mol. The van der Waals surface area contributed by atoms with Crippen LogP contribution in [0.25, 0.3) is 0 Å². The Balaban J connectivity index is 1.40. The first-order valence-electron chi connectivity index (χ1n) is 11.0. The van der Waals surface area contributed by atoms with Crippen molar-refractivity contribution in [2.45, 2.75) is 30.5 Å². The van der Waals surface area contributed by atoms with Crippen LogP contribution in [0.5, 0.6) is 0 Å². The molecule has 9 nitrogen and oxygen atoms in total. The van der Waals surface area contributed by atoms with Crippen molar-refractivity contribution in [1.29, 1.82) is 0 Å². The summed E-state index contributed by atoms with van der Waals surface area (Å²) in [4.78, 5) is 16.3. The lowest BCUT2D eigenvalue weighted by atomic mass is 10.0. The normalized spacial score (nSPS) is 26.1. The maximum Gasteiger partial charge on any atom is 0.416 e. The molecule has 0 aliphatic carbocycles. The molecule has 0 spiro atoms.